The standard InChI is InChI=1S/C15H22O2/c1-11-7-8-15(14(9-11)12(2)16)17-10-13-5-3-4-6-13/h7-9,12-13,16H,3-6,10H2,1-2H3/t12-/m0/s1. The van der Waals surface area contributed by atoms with Crippen LogP contribution in [0.25, 0.3) is 0 Å². The van der Waals surface area contributed by atoms with E-state index in [2.05, 4.69) is 0 Å². The summed E-state index contributed by atoms with van der Waals surface area (Å²) in [7, 11) is 0. The zero-order chi connectivity index (χ0) is 12.3. The summed E-state index contributed by atoms with van der Waals surface area (Å²) in [4.78, 5) is 0. The fourth-order valence-electron chi connectivity index (χ4n) is 2.51. The monoisotopic (exact) mass is 234 g/mol. The van der Waals surface area contributed by atoms with Crippen LogP contribution in [0.4, 0.5) is 0 Å². The van der Waals surface area contributed by atoms with Gasteiger partial charge in [0.2, 0.25) is 0 Å². The first-order valence-electron chi connectivity index (χ1n) is 6.58. The summed E-state index contributed by atoms with van der Waals surface area (Å²) < 4.78 is 5.88. The summed E-state index contributed by atoms with van der Waals surface area (Å²) in [5, 5.41) is 9.74. The van der Waals surface area contributed by atoms with Gasteiger partial charge in [0.1, 0.15) is 5.75 Å². The highest BCUT2D eigenvalue weighted by Gasteiger charge is 2.17. The first-order chi connectivity index (χ1) is 8.16. The van der Waals surface area contributed by atoms with Gasteiger partial charge < -0.3 is 9.84 Å². The number of hydrogen-bond donors (Lipinski definition) is 1. The Morgan fingerprint density at radius 2 is 2.06 bits per heavy atom. The SMILES string of the molecule is Cc1ccc(OCC2CCCC2)c([C@H](C)O)c1. The average molecular weight is 234 g/mol. The number of aliphatic hydroxyl groups excluding tert-OH is 1. The lowest BCUT2D eigenvalue weighted by Crippen LogP contribution is -2.10. The van der Waals surface area contributed by atoms with Crippen LogP contribution in [0.15, 0.2) is 18.2 Å². The molecule has 0 radical (unpaired) electrons. The number of rotatable bonds is 4. The van der Waals surface area contributed by atoms with Gasteiger partial charge in [0.15, 0.2) is 0 Å². The Labute approximate surface area is 104 Å². The predicted octanol–water partition coefficient (Wildman–Crippen LogP) is 3.62. The van der Waals surface area contributed by atoms with E-state index in [0.29, 0.717) is 5.92 Å². The maximum Gasteiger partial charge on any atom is 0.125 e. The second kappa shape index (κ2) is 5.54. The first kappa shape index (κ1) is 12.4. The number of ether oxygens (including phenoxy) is 1. The van der Waals surface area contributed by atoms with E-state index < -0.39 is 6.10 Å². The number of aryl methyl sites for hydroxylation is 1. The number of hydrogen-bond acceptors (Lipinski definition) is 2. The minimum atomic E-state index is -0.464. The van der Waals surface area contributed by atoms with Crippen molar-refractivity contribution in [3.63, 3.8) is 0 Å². The zero-order valence-corrected chi connectivity index (χ0v) is 10.8. The average Bonchev–Trinajstić information content (AvgIpc) is 2.80. The van der Waals surface area contributed by atoms with Gasteiger partial charge in [-0.25, -0.2) is 0 Å². The molecule has 1 aliphatic carbocycles. The fraction of sp³-hybridized carbons (Fsp3) is 0.600. The van der Waals surface area contributed by atoms with Crippen LogP contribution in [0.3, 0.4) is 0 Å². The molecule has 0 aliphatic heterocycles. The van der Waals surface area contributed by atoms with E-state index in [4.69, 9.17) is 4.74 Å². The molecule has 0 spiro atoms. The van der Waals surface area contributed by atoms with Crippen LogP contribution in [0.5, 0.6) is 5.75 Å². The first-order valence-corrected chi connectivity index (χ1v) is 6.58. The smallest absolute Gasteiger partial charge is 0.125 e. The van der Waals surface area contributed by atoms with Gasteiger partial charge >= 0.3 is 0 Å². The second-order valence-corrected chi connectivity index (χ2v) is 5.18. The molecule has 0 heterocycles. The van der Waals surface area contributed by atoms with Crippen LogP contribution in [0.1, 0.15) is 49.8 Å². The summed E-state index contributed by atoms with van der Waals surface area (Å²) in [6.07, 6.45) is 4.79. The summed E-state index contributed by atoms with van der Waals surface area (Å²) in [5.41, 5.74) is 2.07. The van der Waals surface area contributed by atoms with Crippen molar-refractivity contribution in [1.82, 2.24) is 0 Å². The maximum absolute atomic E-state index is 9.74. The van der Waals surface area contributed by atoms with Gasteiger partial charge in [-0.1, -0.05) is 24.5 Å². The van der Waals surface area contributed by atoms with Crippen molar-refractivity contribution in [3.05, 3.63) is 29.3 Å². The quantitative estimate of drug-likeness (QED) is 0.862. The third kappa shape index (κ3) is 3.22. The number of aliphatic hydroxyl groups is 1. The fourth-order valence-corrected chi connectivity index (χ4v) is 2.51. The van der Waals surface area contributed by atoms with Crippen LogP contribution < -0.4 is 4.74 Å². The van der Waals surface area contributed by atoms with E-state index in [-0.39, 0.29) is 0 Å². The summed E-state index contributed by atoms with van der Waals surface area (Å²) in [6, 6.07) is 6.02. The Kier molecular flexibility index (Phi) is 4.06. The molecular weight excluding hydrogens is 212 g/mol. The summed E-state index contributed by atoms with van der Waals surface area (Å²) in [5.74, 6) is 1.55. The van der Waals surface area contributed by atoms with Crippen molar-refractivity contribution in [3.8, 4) is 5.75 Å². The molecule has 1 aromatic rings. The lowest BCUT2D eigenvalue weighted by Gasteiger charge is -2.16. The van der Waals surface area contributed by atoms with Gasteiger partial charge in [0.05, 0.1) is 12.7 Å². The molecule has 0 saturated heterocycles. The van der Waals surface area contributed by atoms with Crippen molar-refractivity contribution >= 4 is 0 Å². The molecule has 2 rings (SSSR count). The van der Waals surface area contributed by atoms with Gasteiger partial charge in [-0.15, -0.1) is 0 Å². The second-order valence-electron chi connectivity index (χ2n) is 5.18. The normalized spacial score (nSPS) is 18.3. The van der Waals surface area contributed by atoms with E-state index >= 15 is 0 Å². The van der Waals surface area contributed by atoms with Gasteiger partial charge in [0.25, 0.3) is 0 Å². The molecule has 1 N–H and O–H groups in total. The third-order valence-electron chi connectivity index (χ3n) is 3.56. The van der Waals surface area contributed by atoms with E-state index in [1.54, 1.807) is 6.92 Å². The molecule has 0 unspecified atom stereocenters. The largest absolute Gasteiger partial charge is 0.493 e. The van der Waals surface area contributed by atoms with E-state index in [0.717, 1.165) is 23.5 Å². The highest BCUT2D eigenvalue weighted by Crippen LogP contribution is 2.29. The molecule has 2 heteroatoms. The van der Waals surface area contributed by atoms with Crippen LogP contribution in [-0.4, -0.2) is 11.7 Å². The Hall–Kier alpha value is -1.02. The lowest BCUT2D eigenvalue weighted by atomic mass is 10.1. The molecule has 1 atom stereocenters. The van der Waals surface area contributed by atoms with Crippen molar-refractivity contribution in [1.29, 1.82) is 0 Å². The van der Waals surface area contributed by atoms with Crippen molar-refractivity contribution in [2.24, 2.45) is 5.92 Å². The van der Waals surface area contributed by atoms with E-state index in [1.165, 1.54) is 25.7 Å². The molecule has 1 aliphatic rings. The number of benzene rings is 1. The summed E-state index contributed by atoms with van der Waals surface area (Å²) in [6.45, 7) is 4.62. The molecule has 17 heavy (non-hydrogen) atoms. The molecule has 1 saturated carbocycles. The van der Waals surface area contributed by atoms with Crippen molar-refractivity contribution in [2.45, 2.75) is 45.6 Å². The molecule has 0 amide bonds. The van der Waals surface area contributed by atoms with Crippen molar-refractivity contribution in [2.75, 3.05) is 6.61 Å². The predicted molar refractivity (Wildman–Crippen MR) is 69.3 cm³/mol. The van der Waals surface area contributed by atoms with Crippen LogP contribution >= 0.6 is 0 Å². The topological polar surface area (TPSA) is 29.5 Å². The van der Waals surface area contributed by atoms with Crippen LogP contribution in [0, 0.1) is 12.8 Å². The molecule has 1 fully saturated rings. The summed E-state index contributed by atoms with van der Waals surface area (Å²) >= 11 is 0. The Morgan fingerprint density at radius 3 is 2.71 bits per heavy atom. The minimum absolute atomic E-state index is 0.464. The lowest BCUT2D eigenvalue weighted by molar-refractivity contribution is 0.186. The van der Waals surface area contributed by atoms with E-state index in [1.807, 2.05) is 25.1 Å². The molecule has 0 aromatic heterocycles. The van der Waals surface area contributed by atoms with Gasteiger partial charge in [-0.3, -0.25) is 0 Å². The molecule has 94 valence electrons. The van der Waals surface area contributed by atoms with E-state index in [9.17, 15) is 5.11 Å². The Morgan fingerprint density at radius 1 is 1.35 bits per heavy atom. The van der Waals surface area contributed by atoms with Gasteiger partial charge in [0, 0.05) is 5.56 Å². The molecule has 2 nitrogen and oxygen atoms in total. The molecule has 1 aromatic carbocycles. The highest BCUT2D eigenvalue weighted by atomic mass is 16.5. The molecular formula is C15H22O2. The Balaban J connectivity index is 2.03. The van der Waals surface area contributed by atoms with Crippen LogP contribution in [0.2, 0.25) is 0 Å². The molecule has 0 bridgehead atoms. The Bertz CT molecular complexity index is 365. The third-order valence-corrected chi connectivity index (χ3v) is 3.56. The van der Waals surface area contributed by atoms with Gasteiger partial charge in [-0.2, -0.15) is 0 Å². The maximum atomic E-state index is 9.74. The highest BCUT2D eigenvalue weighted by molar-refractivity contribution is 5.38. The zero-order valence-electron chi connectivity index (χ0n) is 10.8. The minimum Gasteiger partial charge on any atom is -0.493 e. The van der Waals surface area contributed by atoms with Crippen LogP contribution in [-0.2, 0) is 0 Å². The van der Waals surface area contributed by atoms with Crippen molar-refractivity contribution < 1.29 is 9.84 Å². The van der Waals surface area contributed by atoms with Gasteiger partial charge in [-0.05, 0) is 44.7 Å².